The number of nitrogens with one attached hydrogen (secondary N) is 1. The van der Waals surface area contributed by atoms with Crippen molar-refractivity contribution in [1.82, 2.24) is 19.4 Å². The van der Waals surface area contributed by atoms with Crippen LogP contribution in [0.2, 0.25) is 5.02 Å². The van der Waals surface area contributed by atoms with E-state index in [0.717, 1.165) is 37.4 Å². The molecule has 2 aliphatic heterocycles. The van der Waals surface area contributed by atoms with Crippen LogP contribution < -0.4 is 10.1 Å². The quantitative estimate of drug-likeness (QED) is 0.505. The summed E-state index contributed by atoms with van der Waals surface area (Å²) >= 11 is 6.14. The molecule has 2 aromatic rings. The fourth-order valence-electron chi connectivity index (χ4n) is 4.79. The Balaban J connectivity index is 1.21. The zero-order valence-corrected chi connectivity index (χ0v) is 22.5. The van der Waals surface area contributed by atoms with Crippen molar-refractivity contribution < 1.29 is 17.9 Å². The van der Waals surface area contributed by atoms with Gasteiger partial charge in [0.15, 0.2) is 0 Å². The SMILES string of the molecule is Cc1c(Cl)cccc1S(=O)(=O)N1CCN(CCOc2cccc(CN(C)CC3CCC(=O)N3)c2)CC1. The molecule has 0 radical (unpaired) electrons. The maximum absolute atomic E-state index is 13.1. The molecule has 0 aromatic heterocycles. The highest BCUT2D eigenvalue weighted by Gasteiger charge is 2.30. The molecule has 10 heteroatoms. The number of halogens is 1. The van der Waals surface area contributed by atoms with E-state index in [1.807, 2.05) is 12.1 Å². The molecule has 0 spiro atoms. The molecule has 1 atom stereocenters. The summed E-state index contributed by atoms with van der Waals surface area (Å²) < 4.78 is 33.7. The molecule has 2 fully saturated rings. The molecule has 1 unspecified atom stereocenters. The van der Waals surface area contributed by atoms with Gasteiger partial charge in [-0.25, -0.2) is 8.42 Å². The van der Waals surface area contributed by atoms with Gasteiger partial charge in [0.2, 0.25) is 15.9 Å². The molecular weight excluding hydrogens is 500 g/mol. The van der Waals surface area contributed by atoms with Gasteiger partial charge in [0, 0.05) is 63.3 Å². The molecule has 2 aromatic carbocycles. The van der Waals surface area contributed by atoms with E-state index in [1.165, 1.54) is 0 Å². The van der Waals surface area contributed by atoms with Crippen LogP contribution in [-0.4, -0.2) is 87.4 Å². The van der Waals surface area contributed by atoms with Crippen LogP contribution in [0.1, 0.15) is 24.0 Å². The summed E-state index contributed by atoms with van der Waals surface area (Å²) in [4.78, 5) is 16.1. The molecule has 0 aliphatic carbocycles. The molecule has 0 saturated carbocycles. The summed E-state index contributed by atoms with van der Waals surface area (Å²) in [6, 6.07) is 13.3. The van der Waals surface area contributed by atoms with E-state index in [4.69, 9.17) is 16.3 Å². The molecule has 2 heterocycles. The third-order valence-electron chi connectivity index (χ3n) is 6.81. The van der Waals surface area contributed by atoms with Gasteiger partial charge in [0.05, 0.1) is 4.90 Å². The van der Waals surface area contributed by atoms with Crippen LogP contribution in [0.4, 0.5) is 0 Å². The lowest BCUT2D eigenvalue weighted by Crippen LogP contribution is -2.49. The number of likely N-dealkylation sites (N-methyl/N-ethyl adjacent to an activating group) is 1. The van der Waals surface area contributed by atoms with Crippen LogP contribution in [0.3, 0.4) is 0 Å². The van der Waals surface area contributed by atoms with Crippen molar-refractivity contribution in [2.24, 2.45) is 0 Å². The summed E-state index contributed by atoms with van der Waals surface area (Å²) in [5.41, 5.74) is 1.75. The number of hydrogen-bond donors (Lipinski definition) is 1. The van der Waals surface area contributed by atoms with Gasteiger partial charge in [-0.1, -0.05) is 29.8 Å². The Kier molecular flexibility index (Phi) is 8.90. The van der Waals surface area contributed by atoms with Crippen molar-refractivity contribution in [3.8, 4) is 5.75 Å². The smallest absolute Gasteiger partial charge is 0.243 e. The van der Waals surface area contributed by atoms with Crippen molar-refractivity contribution in [2.75, 3.05) is 52.9 Å². The summed E-state index contributed by atoms with van der Waals surface area (Å²) in [6.45, 7) is 6.82. The van der Waals surface area contributed by atoms with Crippen LogP contribution >= 0.6 is 11.6 Å². The first-order chi connectivity index (χ1) is 17.2. The molecule has 1 amide bonds. The van der Waals surface area contributed by atoms with Crippen LogP contribution in [0, 0.1) is 6.92 Å². The predicted molar refractivity (Wildman–Crippen MR) is 141 cm³/mol. The lowest BCUT2D eigenvalue weighted by molar-refractivity contribution is -0.119. The Morgan fingerprint density at radius 3 is 2.61 bits per heavy atom. The van der Waals surface area contributed by atoms with Crippen molar-refractivity contribution >= 4 is 27.5 Å². The Bertz CT molecular complexity index is 1170. The number of nitrogens with zero attached hydrogens (tertiary/aromatic N) is 3. The highest BCUT2D eigenvalue weighted by molar-refractivity contribution is 7.89. The standard InChI is InChI=1S/C26H35ClN4O4S/c1-20-24(27)7-4-8-25(20)36(33,34)31-13-11-30(12-14-31)15-16-35-23-6-3-5-21(17-23)18-29(2)19-22-9-10-26(32)28-22/h3-8,17,22H,9-16,18-19H2,1-2H3,(H,28,32). The number of benzene rings is 2. The number of ether oxygens (including phenoxy) is 1. The number of hydrogen-bond acceptors (Lipinski definition) is 6. The Hall–Kier alpha value is -2.17. The second-order valence-corrected chi connectivity index (χ2v) is 11.9. The van der Waals surface area contributed by atoms with Crippen molar-refractivity contribution in [3.63, 3.8) is 0 Å². The Labute approximate surface area is 219 Å². The second kappa shape index (κ2) is 11.9. The topological polar surface area (TPSA) is 82.2 Å². The van der Waals surface area contributed by atoms with Gasteiger partial charge < -0.3 is 15.0 Å². The van der Waals surface area contributed by atoms with Gasteiger partial charge in [-0.3, -0.25) is 9.69 Å². The van der Waals surface area contributed by atoms with E-state index in [0.29, 0.717) is 49.8 Å². The van der Waals surface area contributed by atoms with Crippen LogP contribution in [-0.2, 0) is 21.4 Å². The average molecular weight is 535 g/mol. The maximum Gasteiger partial charge on any atom is 0.243 e. The van der Waals surface area contributed by atoms with E-state index in [2.05, 4.69) is 34.3 Å². The minimum atomic E-state index is -3.56. The number of sulfonamides is 1. The summed E-state index contributed by atoms with van der Waals surface area (Å²) in [7, 11) is -1.50. The summed E-state index contributed by atoms with van der Waals surface area (Å²) in [6.07, 6.45) is 1.51. The molecule has 1 N–H and O–H groups in total. The zero-order valence-electron chi connectivity index (χ0n) is 21.0. The zero-order chi connectivity index (χ0) is 25.7. The molecule has 2 aliphatic rings. The van der Waals surface area contributed by atoms with Gasteiger partial charge in [0.1, 0.15) is 12.4 Å². The monoisotopic (exact) mass is 534 g/mol. The number of piperazine rings is 1. The number of carbonyl (C=O) groups is 1. The Morgan fingerprint density at radius 2 is 1.89 bits per heavy atom. The van der Waals surface area contributed by atoms with Crippen LogP contribution in [0.5, 0.6) is 5.75 Å². The second-order valence-electron chi connectivity index (χ2n) is 9.60. The largest absolute Gasteiger partial charge is 0.492 e. The van der Waals surface area contributed by atoms with Crippen molar-refractivity contribution in [2.45, 2.75) is 37.2 Å². The third-order valence-corrected chi connectivity index (χ3v) is 9.26. The predicted octanol–water partition coefficient (Wildman–Crippen LogP) is 2.74. The number of carbonyl (C=O) groups excluding carboxylic acids is 1. The normalized spacial score (nSPS) is 19.6. The van der Waals surface area contributed by atoms with Crippen molar-refractivity contribution in [3.05, 3.63) is 58.6 Å². The van der Waals surface area contributed by atoms with E-state index >= 15 is 0 Å². The first kappa shape index (κ1) is 26.9. The highest BCUT2D eigenvalue weighted by Crippen LogP contribution is 2.26. The first-order valence-electron chi connectivity index (χ1n) is 12.4. The van der Waals surface area contributed by atoms with E-state index in [9.17, 15) is 13.2 Å². The average Bonchev–Trinajstić information content (AvgIpc) is 3.25. The Morgan fingerprint density at radius 1 is 1.14 bits per heavy atom. The number of amides is 1. The first-order valence-corrected chi connectivity index (χ1v) is 14.2. The van der Waals surface area contributed by atoms with Gasteiger partial charge in [-0.05, 0) is 55.8 Å². The number of rotatable bonds is 10. The van der Waals surface area contributed by atoms with Gasteiger partial charge in [0.25, 0.3) is 0 Å². The molecule has 0 bridgehead atoms. The van der Waals surface area contributed by atoms with Gasteiger partial charge in [-0.2, -0.15) is 4.31 Å². The molecule has 2 saturated heterocycles. The molecule has 36 heavy (non-hydrogen) atoms. The summed E-state index contributed by atoms with van der Waals surface area (Å²) in [5.74, 6) is 0.968. The van der Waals surface area contributed by atoms with E-state index in [1.54, 1.807) is 29.4 Å². The minimum Gasteiger partial charge on any atom is -0.492 e. The van der Waals surface area contributed by atoms with E-state index < -0.39 is 10.0 Å². The highest BCUT2D eigenvalue weighted by atomic mass is 35.5. The molecular formula is C26H35ClN4O4S. The fourth-order valence-corrected chi connectivity index (χ4v) is 6.69. The molecule has 4 rings (SSSR count). The molecule has 8 nitrogen and oxygen atoms in total. The van der Waals surface area contributed by atoms with E-state index in [-0.39, 0.29) is 16.8 Å². The maximum atomic E-state index is 13.1. The fraction of sp³-hybridized carbons (Fsp3) is 0.500. The minimum absolute atomic E-state index is 0.142. The molecule has 196 valence electrons. The van der Waals surface area contributed by atoms with Crippen LogP contribution in [0.15, 0.2) is 47.4 Å². The summed E-state index contributed by atoms with van der Waals surface area (Å²) in [5, 5.41) is 3.48. The third kappa shape index (κ3) is 6.77. The lowest BCUT2D eigenvalue weighted by atomic mass is 10.1. The van der Waals surface area contributed by atoms with Gasteiger partial charge in [-0.15, -0.1) is 0 Å². The van der Waals surface area contributed by atoms with Gasteiger partial charge >= 0.3 is 0 Å². The van der Waals surface area contributed by atoms with Crippen LogP contribution in [0.25, 0.3) is 0 Å². The van der Waals surface area contributed by atoms with Crippen molar-refractivity contribution in [1.29, 1.82) is 0 Å². The lowest BCUT2D eigenvalue weighted by Gasteiger charge is -2.34.